The molecule has 0 aliphatic rings. The van der Waals surface area contributed by atoms with Gasteiger partial charge in [0.1, 0.15) is 5.52 Å². The molecule has 3 nitrogen and oxygen atoms in total. The van der Waals surface area contributed by atoms with Gasteiger partial charge in [-0.2, -0.15) is 26.3 Å². The van der Waals surface area contributed by atoms with Gasteiger partial charge in [-0.15, -0.1) is 0 Å². The van der Waals surface area contributed by atoms with Gasteiger partial charge in [0.2, 0.25) is 5.89 Å². The van der Waals surface area contributed by atoms with E-state index in [0.29, 0.717) is 17.8 Å². The van der Waals surface area contributed by atoms with Crippen LogP contribution < -0.4 is 5.73 Å². The zero-order chi connectivity index (χ0) is 17.7. The molecule has 24 heavy (non-hydrogen) atoms. The Balaban J connectivity index is 2.21. The van der Waals surface area contributed by atoms with E-state index < -0.39 is 29.0 Å². The molecule has 9 heteroatoms. The number of anilines is 1. The molecule has 0 bridgehead atoms. The average Bonchev–Trinajstić information content (AvgIpc) is 2.88. The Labute approximate surface area is 130 Å². The van der Waals surface area contributed by atoms with E-state index >= 15 is 0 Å². The monoisotopic (exact) mass is 346 g/mol. The molecular weight excluding hydrogens is 338 g/mol. The normalized spacial score (nSPS) is 12.8. The summed E-state index contributed by atoms with van der Waals surface area (Å²) < 4.78 is 82.5. The highest BCUT2D eigenvalue weighted by Gasteiger charge is 2.37. The summed E-state index contributed by atoms with van der Waals surface area (Å²) in [6.07, 6.45) is -9.88. The van der Waals surface area contributed by atoms with Crippen LogP contribution in [0.4, 0.5) is 32.0 Å². The molecule has 0 fully saturated rings. The minimum atomic E-state index is -4.94. The smallest absolute Gasteiger partial charge is 0.416 e. The molecule has 3 aromatic rings. The Hall–Kier alpha value is -2.71. The first-order chi connectivity index (χ1) is 11.0. The zero-order valence-electron chi connectivity index (χ0n) is 11.7. The predicted octanol–water partition coefficient (Wildman–Crippen LogP) is 5.11. The van der Waals surface area contributed by atoms with Gasteiger partial charge in [-0.1, -0.05) is 0 Å². The standard InChI is InChI=1S/C15H8F6N2O/c16-14(17,18)8-3-7(4-9(5-8)15(19,20)21)13-23-11-6-10(22)1-2-12(11)24-13/h1-6H,22H2. The lowest BCUT2D eigenvalue weighted by Crippen LogP contribution is -2.11. The Morgan fingerprint density at radius 1 is 0.833 bits per heavy atom. The van der Waals surface area contributed by atoms with E-state index in [9.17, 15) is 26.3 Å². The fraction of sp³-hybridized carbons (Fsp3) is 0.133. The molecule has 1 aromatic heterocycles. The molecule has 126 valence electrons. The van der Waals surface area contributed by atoms with Crippen molar-refractivity contribution in [1.29, 1.82) is 0 Å². The number of nitrogens with two attached hydrogens (primary N) is 1. The highest BCUT2D eigenvalue weighted by atomic mass is 19.4. The van der Waals surface area contributed by atoms with E-state index in [1.165, 1.54) is 18.2 Å². The molecule has 0 saturated carbocycles. The summed E-state index contributed by atoms with van der Waals surface area (Å²) in [5.74, 6) is -0.354. The van der Waals surface area contributed by atoms with Crippen LogP contribution in [0.2, 0.25) is 0 Å². The fourth-order valence-corrected chi connectivity index (χ4v) is 2.15. The van der Waals surface area contributed by atoms with Crippen LogP contribution in [0.25, 0.3) is 22.6 Å². The van der Waals surface area contributed by atoms with Crippen molar-refractivity contribution in [3.8, 4) is 11.5 Å². The Morgan fingerprint density at radius 2 is 1.42 bits per heavy atom. The molecule has 1 heterocycles. The van der Waals surface area contributed by atoms with Crippen LogP contribution in [0.3, 0.4) is 0 Å². The number of fused-ring (bicyclic) bond motifs is 1. The molecular formula is C15H8F6N2O. The van der Waals surface area contributed by atoms with Gasteiger partial charge in [0.05, 0.1) is 11.1 Å². The van der Waals surface area contributed by atoms with Gasteiger partial charge in [0.15, 0.2) is 5.58 Å². The molecule has 0 radical (unpaired) electrons. The highest BCUT2D eigenvalue weighted by molar-refractivity contribution is 5.79. The molecule has 0 unspecified atom stereocenters. The van der Waals surface area contributed by atoms with Crippen LogP contribution in [0, 0.1) is 0 Å². The molecule has 2 N–H and O–H groups in total. The van der Waals surface area contributed by atoms with Crippen molar-refractivity contribution in [1.82, 2.24) is 4.98 Å². The number of oxazole rings is 1. The molecule has 0 spiro atoms. The Bertz CT molecular complexity index is 878. The first kappa shape index (κ1) is 16.2. The Morgan fingerprint density at radius 3 is 1.96 bits per heavy atom. The Kier molecular flexibility index (Phi) is 3.47. The summed E-state index contributed by atoms with van der Waals surface area (Å²) in [4.78, 5) is 3.91. The van der Waals surface area contributed by atoms with Gasteiger partial charge in [0.25, 0.3) is 0 Å². The molecule has 3 rings (SSSR count). The second-order valence-corrected chi connectivity index (χ2v) is 5.04. The molecule has 0 amide bonds. The SMILES string of the molecule is Nc1ccc2oc(-c3cc(C(F)(F)F)cc(C(F)(F)F)c3)nc2c1. The van der Waals surface area contributed by atoms with Gasteiger partial charge in [-0.05, 0) is 36.4 Å². The van der Waals surface area contributed by atoms with E-state index in [-0.39, 0.29) is 23.1 Å². The van der Waals surface area contributed by atoms with Crippen LogP contribution in [0.5, 0.6) is 0 Å². The second-order valence-electron chi connectivity index (χ2n) is 5.04. The summed E-state index contributed by atoms with van der Waals surface area (Å²) in [6.45, 7) is 0. The number of aromatic nitrogens is 1. The molecule has 0 aliphatic heterocycles. The number of alkyl halides is 6. The molecule has 0 aliphatic carbocycles. The maximum atomic E-state index is 12.9. The van der Waals surface area contributed by atoms with Crippen LogP contribution in [-0.2, 0) is 12.4 Å². The van der Waals surface area contributed by atoms with E-state index in [1.807, 2.05) is 0 Å². The van der Waals surface area contributed by atoms with Crippen molar-refractivity contribution in [3.05, 3.63) is 47.5 Å². The second kappa shape index (κ2) is 5.15. The lowest BCUT2D eigenvalue weighted by molar-refractivity contribution is -0.143. The molecule has 0 saturated heterocycles. The van der Waals surface area contributed by atoms with Gasteiger partial charge in [0, 0.05) is 11.3 Å². The highest BCUT2D eigenvalue weighted by Crippen LogP contribution is 2.39. The van der Waals surface area contributed by atoms with E-state index in [4.69, 9.17) is 10.2 Å². The summed E-state index contributed by atoms with van der Waals surface area (Å²) in [5, 5.41) is 0. The maximum absolute atomic E-state index is 12.9. The lowest BCUT2D eigenvalue weighted by Gasteiger charge is -2.12. The zero-order valence-corrected chi connectivity index (χ0v) is 11.7. The number of hydrogen-bond donors (Lipinski definition) is 1. The van der Waals surface area contributed by atoms with Crippen molar-refractivity contribution < 1.29 is 30.8 Å². The maximum Gasteiger partial charge on any atom is 0.416 e. The average molecular weight is 346 g/mol. The first-order valence-electron chi connectivity index (χ1n) is 6.50. The van der Waals surface area contributed by atoms with Crippen molar-refractivity contribution in [2.24, 2.45) is 0 Å². The minimum Gasteiger partial charge on any atom is -0.436 e. The van der Waals surface area contributed by atoms with Crippen molar-refractivity contribution >= 4 is 16.8 Å². The van der Waals surface area contributed by atoms with Crippen molar-refractivity contribution in [2.75, 3.05) is 5.73 Å². The van der Waals surface area contributed by atoms with Crippen molar-refractivity contribution in [3.63, 3.8) is 0 Å². The quantitative estimate of drug-likeness (QED) is 0.492. The largest absolute Gasteiger partial charge is 0.436 e. The number of hydrogen-bond acceptors (Lipinski definition) is 3. The van der Waals surface area contributed by atoms with E-state index in [1.54, 1.807) is 0 Å². The predicted molar refractivity (Wildman–Crippen MR) is 73.9 cm³/mol. The van der Waals surface area contributed by atoms with Gasteiger partial charge >= 0.3 is 12.4 Å². The summed E-state index contributed by atoms with van der Waals surface area (Å²) >= 11 is 0. The van der Waals surface area contributed by atoms with Crippen LogP contribution >= 0.6 is 0 Å². The molecule has 0 atom stereocenters. The third-order valence-corrected chi connectivity index (χ3v) is 3.25. The van der Waals surface area contributed by atoms with Gasteiger partial charge in [-0.25, -0.2) is 4.98 Å². The van der Waals surface area contributed by atoms with Crippen molar-refractivity contribution in [2.45, 2.75) is 12.4 Å². The fourth-order valence-electron chi connectivity index (χ4n) is 2.15. The van der Waals surface area contributed by atoms with E-state index in [2.05, 4.69) is 4.98 Å². The third-order valence-electron chi connectivity index (χ3n) is 3.25. The van der Waals surface area contributed by atoms with Crippen LogP contribution in [0.1, 0.15) is 11.1 Å². The first-order valence-corrected chi connectivity index (χ1v) is 6.50. The number of rotatable bonds is 1. The summed E-state index contributed by atoms with van der Waals surface area (Å²) in [6, 6.07) is 5.47. The number of nitrogens with zero attached hydrogens (tertiary/aromatic N) is 1. The lowest BCUT2D eigenvalue weighted by atomic mass is 10.0. The third kappa shape index (κ3) is 3.01. The van der Waals surface area contributed by atoms with Crippen LogP contribution in [0.15, 0.2) is 40.8 Å². The minimum absolute atomic E-state index is 0.0458. The number of nitrogen functional groups attached to an aromatic ring is 1. The van der Waals surface area contributed by atoms with Gasteiger partial charge in [-0.3, -0.25) is 0 Å². The topological polar surface area (TPSA) is 52.0 Å². The van der Waals surface area contributed by atoms with E-state index in [0.717, 1.165) is 0 Å². The van der Waals surface area contributed by atoms with Gasteiger partial charge < -0.3 is 10.2 Å². The molecule has 2 aromatic carbocycles. The van der Waals surface area contributed by atoms with Crippen LogP contribution in [-0.4, -0.2) is 4.98 Å². The summed E-state index contributed by atoms with van der Waals surface area (Å²) in [7, 11) is 0. The summed E-state index contributed by atoms with van der Waals surface area (Å²) in [5.41, 5.74) is 3.03. The number of halogens is 6. The number of benzene rings is 2.